The Kier molecular flexibility index (Phi) is 1.89. The van der Waals surface area contributed by atoms with E-state index < -0.39 is 11.6 Å². The molecule has 0 saturated carbocycles. The molecule has 0 radical (unpaired) electrons. The summed E-state index contributed by atoms with van der Waals surface area (Å²) in [4.78, 5) is 23.3. The second kappa shape index (κ2) is 3.28. The van der Waals surface area contributed by atoms with Crippen LogP contribution in [0, 0.1) is 0 Å². The number of allylic oxidation sites excluding steroid dienone is 1. The fourth-order valence-corrected chi connectivity index (χ4v) is 2.06. The van der Waals surface area contributed by atoms with Crippen LogP contribution in [-0.4, -0.2) is 11.6 Å². The van der Waals surface area contributed by atoms with E-state index in [-0.39, 0.29) is 5.70 Å². The van der Waals surface area contributed by atoms with Gasteiger partial charge in [0.05, 0.1) is 5.70 Å². The molecule has 2 N–H and O–H groups in total. The Bertz CT molecular complexity index is 698. The molecular formula is C14H9NO2. The monoisotopic (exact) mass is 223 g/mol. The lowest BCUT2D eigenvalue weighted by Crippen LogP contribution is -2.25. The summed E-state index contributed by atoms with van der Waals surface area (Å²) < 4.78 is 0. The van der Waals surface area contributed by atoms with Crippen molar-refractivity contribution >= 4 is 28.4 Å². The van der Waals surface area contributed by atoms with Crippen LogP contribution >= 0.6 is 0 Å². The van der Waals surface area contributed by atoms with Gasteiger partial charge < -0.3 is 5.73 Å². The highest BCUT2D eigenvalue weighted by molar-refractivity contribution is 6.51. The van der Waals surface area contributed by atoms with Crippen molar-refractivity contribution in [2.45, 2.75) is 0 Å². The van der Waals surface area contributed by atoms with E-state index >= 15 is 0 Å². The Morgan fingerprint density at radius 1 is 0.882 bits per heavy atom. The van der Waals surface area contributed by atoms with Crippen LogP contribution in [-0.2, 0) is 4.79 Å². The number of Topliss-reactive ketones (excluding diaryl/α,β-unsaturated/α-hetero) is 2. The van der Waals surface area contributed by atoms with Crippen molar-refractivity contribution in [3.8, 4) is 0 Å². The number of rotatable bonds is 0. The SMILES string of the molecule is NC1=Cc2cc3ccccc3cc2C(=O)C1=O. The minimum Gasteiger partial charge on any atom is -0.395 e. The molecule has 0 amide bonds. The van der Waals surface area contributed by atoms with Gasteiger partial charge in [0, 0.05) is 5.56 Å². The molecule has 82 valence electrons. The molecule has 0 spiro atoms. The summed E-state index contributed by atoms with van der Waals surface area (Å²) in [5, 5.41) is 1.97. The predicted octanol–water partition coefficient (Wildman–Crippen LogP) is 1.90. The molecule has 3 rings (SSSR count). The van der Waals surface area contributed by atoms with Gasteiger partial charge in [-0.25, -0.2) is 0 Å². The van der Waals surface area contributed by atoms with E-state index in [1.54, 1.807) is 12.1 Å². The van der Waals surface area contributed by atoms with Crippen molar-refractivity contribution in [3.63, 3.8) is 0 Å². The predicted molar refractivity (Wildman–Crippen MR) is 65.4 cm³/mol. The Morgan fingerprint density at radius 2 is 1.53 bits per heavy atom. The third-order valence-electron chi connectivity index (χ3n) is 2.94. The van der Waals surface area contributed by atoms with Gasteiger partial charge in [-0.1, -0.05) is 24.3 Å². The molecule has 0 fully saturated rings. The minimum absolute atomic E-state index is 0.0118. The number of carbonyl (C=O) groups excluding carboxylic acids is 2. The molecule has 0 aromatic heterocycles. The van der Waals surface area contributed by atoms with E-state index in [9.17, 15) is 9.59 Å². The zero-order chi connectivity index (χ0) is 12.0. The minimum atomic E-state index is -0.618. The standard InChI is InChI=1S/C14H9NO2/c15-12-7-10-5-8-3-1-2-4-9(8)6-11(10)13(16)14(12)17/h1-7H,15H2. The lowest BCUT2D eigenvalue weighted by Gasteiger charge is -2.12. The van der Waals surface area contributed by atoms with Crippen molar-refractivity contribution in [1.82, 2.24) is 0 Å². The number of fused-ring (bicyclic) bond motifs is 2. The zero-order valence-electron chi connectivity index (χ0n) is 8.94. The number of carbonyl (C=O) groups is 2. The summed E-state index contributed by atoms with van der Waals surface area (Å²) >= 11 is 0. The lowest BCUT2D eigenvalue weighted by atomic mass is 9.91. The van der Waals surface area contributed by atoms with Crippen LogP contribution in [0.1, 0.15) is 15.9 Å². The van der Waals surface area contributed by atoms with E-state index in [1.165, 1.54) is 0 Å². The number of ketones is 2. The average molecular weight is 223 g/mol. The highest BCUT2D eigenvalue weighted by Crippen LogP contribution is 2.25. The first kappa shape index (κ1) is 9.78. The van der Waals surface area contributed by atoms with E-state index in [4.69, 9.17) is 5.73 Å². The average Bonchev–Trinajstić information content (AvgIpc) is 2.34. The van der Waals surface area contributed by atoms with Crippen LogP contribution < -0.4 is 5.73 Å². The number of hydrogen-bond acceptors (Lipinski definition) is 3. The van der Waals surface area contributed by atoms with Gasteiger partial charge in [-0.3, -0.25) is 9.59 Å². The maximum absolute atomic E-state index is 11.8. The van der Waals surface area contributed by atoms with Crippen LogP contribution in [0.25, 0.3) is 16.8 Å². The van der Waals surface area contributed by atoms with Gasteiger partial charge in [-0.2, -0.15) is 0 Å². The van der Waals surface area contributed by atoms with Crippen LogP contribution in [0.2, 0.25) is 0 Å². The largest absolute Gasteiger partial charge is 0.395 e. The van der Waals surface area contributed by atoms with E-state index in [0.717, 1.165) is 10.8 Å². The molecule has 3 nitrogen and oxygen atoms in total. The van der Waals surface area contributed by atoms with Crippen LogP contribution in [0.4, 0.5) is 0 Å². The third kappa shape index (κ3) is 1.36. The second-order valence-electron chi connectivity index (χ2n) is 4.04. The Balaban J connectivity index is 2.37. The fraction of sp³-hybridized carbons (Fsp3) is 0. The summed E-state index contributed by atoms with van der Waals surface area (Å²) in [6, 6.07) is 11.3. The smallest absolute Gasteiger partial charge is 0.249 e. The normalized spacial score (nSPS) is 14.7. The third-order valence-corrected chi connectivity index (χ3v) is 2.94. The van der Waals surface area contributed by atoms with Gasteiger partial charge in [0.1, 0.15) is 0 Å². The van der Waals surface area contributed by atoms with Crippen LogP contribution in [0.3, 0.4) is 0 Å². The maximum atomic E-state index is 11.8. The van der Waals surface area contributed by atoms with E-state index in [2.05, 4.69) is 0 Å². The van der Waals surface area contributed by atoms with Crippen LogP contribution in [0.15, 0.2) is 42.1 Å². The topological polar surface area (TPSA) is 60.2 Å². The fourth-order valence-electron chi connectivity index (χ4n) is 2.06. The summed E-state index contributed by atoms with van der Waals surface area (Å²) in [6.07, 6.45) is 1.56. The summed E-state index contributed by atoms with van der Waals surface area (Å²) in [7, 11) is 0. The first-order valence-corrected chi connectivity index (χ1v) is 5.26. The molecular weight excluding hydrogens is 214 g/mol. The molecule has 3 heteroatoms. The van der Waals surface area contributed by atoms with E-state index in [0.29, 0.717) is 11.1 Å². The van der Waals surface area contributed by atoms with Crippen molar-refractivity contribution in [2.24, 2.45) is 5.73 Å². The first-order valence-electron chi connectivity index (χ1n) is 5.26. The highest BCUT2D eigenvalue weighted by atomic mass is 16.2. The van der Waals surface area contributed by atoms with Crippen molar-refractivity contribution in [2.75, 3.05) is 0 Å². The Morgan fingerprint density at radius 3 is 2.24 bits per heavy atom. The number of hydrogen-bond donors (Lipinski definition) is 1. The molecule has 0 unspecified atom stereocenters. The van der Waals surface area contributed by atoms with Gasteiger partial charge in [0.25, 0.3) is 0 Å². The number of benzene rings is 2. The Hall–Kier alpha value is -2.42. The van der Waals surface area contributed by atoms with Crippen molar-refractivity contribution in [3.05, 3.63) is 53.2 Å². The Labute approximate surface area is 97.5 Å². The second-order valence-corrected chi connectivity index (χ2v) is 4.04. The lowest BCUT2D eigenvalue weighted by molar-refractivity contribution is -0.111. The van der Waals surface area contributed by atoms with Crippen molar-refractivity contribution < 1.29 is 9.59 Å². The molecule has 2 aromatic rings. The summed E-state index contributed by atoms with van der Waals surface area (Å²) in [5.74, 6) is -1.14. The molecule has 0 saturated heterocycles. The van der Waals surface area contributed by atoms with Gasteiger partial charge in [0.15, 0.2) is 0 Å². The summed E-state index contributed by atoms with van der Waals surface area (Å²) in [6.45, 7) is 0. The number of nitrogens with two attached hydrogens (primary N) is 1. The van der Waals surface area contributed by atoms with Gasteiger partial charge in [-0.05, 0) is 34.5 Å². The molecule has 2 aromatic carbocycles. The first-order chi connectivity index (χ1) is 8.16. The molecule has 1 aliphatic rings. The quantitative estimate of drug-likeness (QED) is 0.694. The molecule has 0 heterocycles. The maximum Gasteiger partial charge on any atom is 0.249 e. The van der Waals surface area contributed by atoms with E-state index in [1.807, 2.05) is 30.3 Å². The van der Waals surface area contributed by atoms with Crippen molar-refractivity contribution in [1.29, 1.82) is 0 Å². The molecule has 0 bridgehead atoms. The van der Waals surface area contributed by atoms with Gasteiger partial charge in [-0.15, -0.1) is 0 Å². The van der Waals surface area contributed by atoms with Gasteiger partial charge >= 0.3 is 0 Å². The summed E-state index contributed by atoms with van der Waals surface area (Å²) in [5.41, 5.74) is 6.68. The molecule has 1 aliphatic carbocycles. The van der Waals surface area contributed by atoms with Gasteiger partial charge in [0.2, 0.25) is 11.6 Å². The van der Waals surface area contributed by atoms with Crippen LogP contribution in [0.5, 0.6) is 0 Å². The zero-order valence-corrected chi connectivity index (χ0v) is 8.94. The highest BCUT2D eigenvalue weighted by Gasteiger charge is 2.25. The molecule has 0 aliphatic heterocycles. The molecule has 0 atom stereocenters. The molecule has 17 heavy (non-hydrogen) atoms.